The van der Waals surface area contributed by atoms with E-state index in [9.17, 15) is 0 Å². The van der Waals surface area contributed by atoms with Crippen molar-refractivity contribution < 1.29 is 0 Å². The molecular weight excluding hydrogens is 376 g/mol. The van der Waals surface area contributed by atoms with Gasteiger partial charge in [-0.3, -0.25) is 0 Å². The molecule has 0 spiro atoms. The maximum atomic E-state index is 2.38. The Labute approximate surface area is 175 Å². The van der Waals surface area contributed by atoms with Gasteiger partial charge in [0.05, 0.1) is 0 Å². The van der Waals surface area contributed by atoms with Crippen LogP contribution in [0, 0.1) is 0 Å². The summed E-state index contributed by atoms with van der Waals surface area (Å²) in [4.78, 5) is 5.19. The Hall–Kier alpha value is -2.42. The zero-order chi connectivity index (χ0) is 18.9. The second-order valence-corrected chi connectivity index (χ2v) is 9.34. The minimum absolute atomic E-state index is 0.428. The van der Waals surface area contributed by atoms with Gasteiger partial charge in [0.25, 0.3) is 0 Å². The van der Waals surface area contributed by atoms with Gasteiger partial charge in [-0.2, -0.15) is 0 Å². The Morgan fingerprint density at radius 3 is 1.36 bits per heavy atom. The van der Waals surface area contributed by atoms with Gasteiger partial charge in [-0.05, 0) is 70.8 Å². The standard InChI is InChI=1S/C26H20S2/c1-18-25-16-21(27-19-8-4-2-5-9-19)12-14-23(25)24-15-13-22(17-26(18)24)28-20-10-6-3-7-11-20/h2-18H,1H3. The van der Waals surface area contributed by atoms with E-state index >= 15 is 0 Å². The molecule has 0 saturated carbocycles. The van der Waals surface area contributed by atoms with Gasteiger partial charge in [0, 0.05) is 25.5 Å². The summed E-state index contributed by atoms with van der Waals surface area (Å²) < 4.78 is 0. The molecule has 0 unspecified atom stereocenters. The Morgan fingerprint density at radius 2 is 0.929 bits per heavy atom. The molecule has 0 aliphatic heterocycles. The van der Waals surface area contributed by atoms with Crippen molar-refractivity contribution in [2.75, 3.05) is 0 Å². The van der Waals surface area contributed by atoms with E-state index in [0.717, 1.165) is 0 Å². The molecule has 0 atom stereocenters. The molecule has 0 aromatic heterocycles. The molecule has 4 aromatic carbocycles. The lowest BCUT2D eigenvalue weighted by Gasteiger charge is -2.09. The van der Waals surface area contributed by atoms with Gasteiger partial charge in [0.15, 0.2) is 0 Å². The average Bonchev–Trinajstić information content (AvgIpc) is 3.01. The van der Waals surface area contributed by atoms with Crippen LogP contribution < -0.4 is 0 Å². The summed E-state index contributed by atoms with van der Waals surface area (Å²) in [7, 11) is 0. The molecule has 0 N–H and O–H groups in total. The first kappa shape index (κ1) is 17.7. The van der Waals surface area contributed by atoms with Crippen LogP contribution in [0.1, 0.15) is 24.0 Å². The summed E-state index contributed by atoms with van der Waals surface area (Å²) >= 11 is 3.67. The lowest BCUT2D eigenvalue weighted by molar-refractivity contribution is 0.946. The summed E-state index contributed by atoms with van der Waals surface area (Å²) in [6, 6.07) is 35.1. The molecular formula is C26H20S2. The minimum atomic E-state index is 0.428. The van der Waals surface area contributed by atoms with Crippen LogP contribution in [0.2, 0.25) is 0 Å². The van der Waals surface area contributed by atoms with Gasteiger partial charge in [-0.25, -0.2) is 0 Å². The highest BCUT2D eigenvalue weighted by Gasteiger charge is 2.26. The van der Waals surface area contributed by atoms with Crippen molar-refractivity contribution in [1.29, 1.82) is 0 Å². The van der Waals surface area contributed by atoms with E-state index in [4.69, 9.17) is 0 Å². The van der Waals surface area contributed by atoms with Crippen molar-refractivity contribution in [2.24, 2.45) is 0 Å². The third-order valence-corrected chi connectivity index (χ3v) is 7.22. The van der Waals surface area contributed by atoms with Crippen molar-refractivity contribution in [3.8, 4) is 11.1 Å². The fourth-order valence-electron chi connectivity index (χ4n) is 3.83. The molecule has 0 radical (unpaired) electrons. The maximum Gasteiger partial charge on any atom is 0.0125 e. The first-order valence-corrected chi connectivity index (χ1v) is 11.2. The van der Waals surface area contributed by atoms with Gasteiger partial charge < -0.3 is 0 Å². The summed E-state index contributed by atoms with van der Waals surface area (Å²) in [6.45, 7) is 2.33. The fourth-order valence-corrected chi connectivity index (χ4v) is 5.61. The highest BCUT2D eigenvalue weighted by Crippen LogP contribution is 2.47. The summed E-state index contributed by atoms with van der Waals surface area (Å²) in [5.74, 6) is 0.428. The van der Waals surface area contributed by atoms with Crippen LogP contribution >= 0.6 is 23.5 Å². The zero-order valence-electron chi connectivity index (χ0n) is 15.6. The van der Waals surface area contributed by atoms with Crippen molar-refractivity contribution in [3.05, 3.63) is 108 Å². The normalized spacial score (nSPS) is 12.6. The monoisotopic (exact) mass is 396 g/mol. The Bertz CT molecular complexity index is 1030. The number of rotatable bonds is 4. The van der Waals surface area contributed by atoms with Crippen LogP contribution in [0.3, 0.4) is 0 Å². The molecule has 0 saturated heterocycles. The third kappa shape index (κ3) is 3.39. The molecule has 4 aromatic rings. The first-order chi connectivity index (χ1) is 13.8. The molecule has 2 heteroatoms. The molecule has 0 fully saturated rings. The molecule has 0 bridgehead atoms. The van der Waals surface area contributed by atoms with Crippen LogP contribution in [-0.2, 0) is 0 Å². The maximum absolute atomic E-state index is 2.38. The predicted molar refractivity (Wildman–Crippen MR) is 121 cm³/mol. The Morgan fingerprint density at radius 1 is 0.500 bits per heavy atom. The van der Waals surface area contributed by atoms with Crippen molar-refractivity contribution in [2.45, 2.75) is 32.4 Å². The molecule has 0 amide bonds. The van der Waals surface area contributed by atoms with Gasteiger partial charge in [-0.15, -0.1) is 0 Å². The van der Waals surface area contributed by atoms with E-state index in [-0.39, 0.29) is 0 Å². The summed E-state index contributed by atoms with van der Waals surface area (Å²) in [6.07, 6.45) is 0. The quantitative estimate of drug-likeness (QED) is 0.341. The predicted octanol–water partition coefficient (Wildman–Crippen LogP) is 8.12. The highest BCUT2D eigenvalue weighted by molar-refractivity contribution is 7.99. The molecule has 1 aliphatic rings. The number of fused-ring (bicyclic) bond motifs is 3. The van der Waals surface area contributed by atoms with Crippen molar-refractivity contribution >= 4 is 23.5 Å². The molecule has 0 heterocycles. The van der Waals surface area contributed by atoms with Crippen LogP contribution in [0.5, 0.6) is 0 Å². The molecule has 5 rings (SSSR count). The second kappa shape index (κ2) is 7.54. The number of hydrogen-bond donors (Lipinski definition) is 0. The van der Waals surface area contributed by atoms with E-state index in [1.165, 1.54) is 41.8 Å². The zero-order valence-corrected chi connectivity index (χ0v) is 17.3. The second-order valence-electron chi connectivity index (χ2n) is 7.05. The van der Waals surface area contributed by atoms with Crippen molar-refractivity contribution in [1.82, 2.24) is 0 Å². The van der Waals surface area contributed by atoms with Crippen LogP contribution in [-0.4, -0.2) is 0 Å². The number of hydrogen-bond acceptors (Lipinski definition) is 2. The summed E-state index contributed by atoms with van der Waals surface area (Å²) in [5, 5.41) is 0. The lowest BCUT2D eigenvalue weighted by Crippen LogP contribution is -1.90. The average molecular weight is 397 g/mol. The highest BCUT2D eigenvalue weighted by atomic mass is 32.2. The minimum Gasteiger partial charge on any atom is -0.0901 e. The van der Waals surface area contributed by atoms with Crippen LogP contribution in [0.25, 0.3) is 11.1 Å². The van der Waals surface area contributed by atoms with E-state index < -0.39 is 0 Å². The van der Waals surface area contributed by atoms with E-state index in [1.54, 1.807) is 0 Å². The molecule has 28 heavy (non-hydrogen) atoms. The molecule has 136 valence electrons. The molecule has 1 aliphatic carbocycles. The Balaban J connectivity index is 1.45. The third-order valence-electron chi connectivity index (χ3n) is 5.23. The smallest absolute Gasteiger partial charge is 0.0125 e. The van der Waals surface area contributed by atoms with E-state index in [2.05, 4.69) is 104 Å². The van der Waals surface area contributed by atoms with Gasteiger partial charge in [0.1, 0.15) is 0 Å². The molecule has 0 nitrogen and oxygen atoms in total. The Kier molecular flexibility index (Phi) is 4.76. The van der Waals surface area contributed by atoms with Gasteiger partial charge in [0.2, 0.25) is 0 Å². The fraction of sp³-hybridized carbons (Fsp3) is 0.0769. The van der Waals surface area contributed by atoms with Crippen LogP contribution in [0.15, 0.2) is 117 Å². The van der Waals surface area contributed by atoms with Gasteiger partial charge >= 0.3 is 0 Å². The topological polar surface area (TPSA) is 0 Å². The number of benzene rings is 4. The SMILES string of the molecule is CC1c2cc(Sc3ccccc3)ccc2-c2ccc(Sc3ccccc3)cc21. The largest absolute Gasteiger partial charge is 0.0901 e. The van der Waals surface area contributed by atoms with Crippen molar-refractivity contribution in [3.63, 3.8) is 0 Å². The van der Waals surface area contributed by atoms with E-state index in [0.29, 0.717) is 5.92 Å². The van der Waals surface area contributed by atoms with Gasteiger partial charge in [-0.1, -0.05) is 79.0 Å². The van der Waals surface area contributed by atoms with Crippen LogP contribution in [0.4, 0.5) is 0 Å². The first-order valence-electron chi connectivity index (χ1n) is 9.52. The summed E-state index contributed by atoms with van der Waals surface area (Å²) in [5.41, 5.74) is 5.66. The van der Waals surface area contributed by atoms with E-state index in [1.807, 2.05) is 23.5 Å². The lowest BCUT2D eigenvalue weighted by atomic mass is 10.00.